The standard InChI is InChI=1S/C13H17F3N4O/c1-9-17-4-2-11(19-9)12(21)18-6-10-3-5-20(7-10)8-13(14,15)16/h2,4,10H,3,5-8H2,1H3,(H,18,21)/t10-/m1/s1. The van der Waals surface area contributed by atoms with Gasteiger partial charge in [0.15, 0.2) is 0 Å². The first kappa shape index (κ1) is 15.7. The van der Waals surface area contributed by atoms with Gasteiger partial charge in [-0.05, 0) is 31.9 Å². The second-order valence-electron chi connectivity index (χ2n) is 5.20. The molecular formula is C13H17F3N4O. The Balaban J connectivity index is 1.78. The first-order valence-corrected chi connectivity index (χ1v) is 6.70. The summed E-state index contributed by atoms with van der Waals surface area (Å²) in [5.41, 5.74) is 0.271. The highest BCUT2D eigenvalue weighted by molar-refractivity contribution is 5.92. The third-order valence-corrected chi connectivity index (χ3v) is 3.33. The van der Waals surface area contributed by atoms with Gasteiger partial charge in [0.05, 0.1) is 6.54 Å². The van der Waals surface area contributed by atoms with Crippen LogP contribution in [0, 0.1) is 12.8 Å². The van der Waals surface area contributed by atoms with E-state index >= 15 is 0 Å². The lowest BCUT2D eigenvalue weighted by atomic mass is 10.1. The Bertz CT molecular complexity index is 506. The summed E-state index contributed by atoms with van der Waals surface area (Å²) in [7, 11) is 0. The van der Waals surface area contributed by atoms with E-state index in [0.29, 0.717) is 31.9 Å². The molecule has 0 radical (unpaired) electrons. The number of carbonyl (C=O) groups is 1. The minimum Gasteiger partial charge on any atom is -0.350 e. The Morgan fingerprint density at radius 3 is 2.95 bits per heavy atom. The van der Waals surface area contributed by atoms with E-state index in [0.717, 1.165) is 0 Å². The van der Waals surface area contributed by atoms with Crippen molar-refractivity contribution in [1.82, 2.24) is 20.2 Å². The van der Waals surface area contributed by atoms with Crippen molar-refractivity contribution in [3.05, 3.63) is 23.8 Å². The molecule has 2 rings (SSSR count). The lowest BCUT2D eigenvalue weighted by Crippen LogP contribution is -2.35. The van der Waals surface area contributed by atoms with Crippen molar-refractivity contribution in [3.63, 3.8) is 0 Å². The van der Waals surface area contributed by atoms with E-state index in [2.05, 4.69) is 15.3 Å². The molecule has 1 aromatic rings. The molecule has 0 aromatic carbocycles. The van der Waals surface area contributed by atoms with E-state index in [-0.39, 0.29) is 17.5 Å². The second kappa shape index (κ2) is 6.38. The highest BCUT2D eigenvalue weighted by atomic mass is 19.4. The van der Waals surface area contributed by atoms with Crippen LogP contribution in [0.1, 0.15) is 22.7 Å². The summed E-state index contributed by atoms with van der Waals surface area (Å²) in [5.74, 6) is 0.217. The van der Waals surface area contributed by atoms with Crippen molar-refractivity contribution in [3.8, 4) is 0 Å². The number of hydrogen-bond donors (Lipinski definition) is 1. The van der Waals surface area contributed by atoms with Gasteiger partial charge in [0, 0.05) is 19.3 Å². The fraction of sp³-hybridized carbons (Fsp3) is 0.615. The fourth-order valence-electron chi connectivity index (χ4n) is 2.39. The summed E-state index contributed by atoms with van der Waals surface area (Å²) in [6.07, 6.45) is -2.02. The summed E-state index contributed by atoms with van der Waals surface area (Å²) in [5, 5.41) is 2.71. The van der Waals surface area contributed by atoms with Gasteiger partial charge in [0.2, 0.25) is 0 Å². The molecule has 5 nitrogen and oxygen atoms in total. The third kappa shape index (κ3) is 4.96. The number of halogens is 3. The zero-order chi connectivity index (χ0) is 15.5. The molecule has 8 heteroatoms. The number of hydrogen-bond acceptors (Lipinski definition) is 4. The van der Waals surface area contributed by atoms with Crippen LogP contribution in [0.15, 0.2) is 12.3 Å². The van der Waals surface area contributed by atoms with E-state index in [1.807, 2.05) is 0 Å². The van der Waals surface area contributed by atoms with Gasteiger partial charge in [0.1, 0.15) is 11.5 Å². The van der Waals surface area contributed by atoms with Crippen LogP contribution in [-0.2, 0) is 0 Å². The minimum atomic E-state index is -4.17. The number of nitrogens with one attached hydrogen (secondary N) is 1. The van der Waals surface area contributed by atoms with Crippen molar-refractivity contribution in [2.24, 2.45) is 5.92 Å². The SMILES string of the molecule is Cc1nccc(C(=O)NC[C@H]2CCN(CC(F)(F)F)C2)n1. The number of alkyl halides is 3. The number of aryl methyl sites for hydroxylation is 1. The molecule has 0 spiro atoms. The fourth-order valence-corrected chi connectivity index (χ4v) is 2.39. The van der Waals surface area contributed by atoms with Crippen molar-refractivity contribution >= 4 is 5.91 Å². The molecule has 1 atom stereocenters. The van der Waals surface area contributed by atoms with Crippen LogP contribution in [0.3, 0.4) is 0 Å². The molecule has 1 amide bonds. The maximum Gasteiger partial charge on any atom is 0.401 e. The zero-order valence-corrected chi connectivity index (χ0v) is 11.7. The molecule has 2 heterocycles. The molecule has 1 aliphatic heterocycles. The minimum absolute atomic E-state index is 0.0410. The monoisotopic (exact) mass is 302 g/mol. The number of amides is 1. The second-order valence-corrected chi connectivity index (χ2v) is 5.20. The van der Waals surface area contributed by atoms with Crippen LogP contribution in [0.2, 0.25) is 0 Å². The highest BCUT2D eigenvalue weighted by Gasteiger charge is 2.34. The molecule has 1 N–H and O–H groups in total. The Hall–Kier alpha value is -1.70. The van der Waals surface area contributed by atoms with Crippen LogP contribution in [-0.4, -0.2) is 53.1 Å². The molecule has 0 saturated carbocycles. The average molecular weight is 302 g/mol. The largest absolute Gasteiger partial charge is 0.401 e. The van der Waals surface area contributed by atoms with Gasteiger partial charge in [-0.15, -0.1) is 0 Å². The van der Waals surface area contributed by atoms with Crippen molar-refractivity contribution < 1.29 is 18.0 Å². The highest BCUT2D eigenvalue weighted by Crippen LogP contribution is 2.22. The van der Waals surface area contributed by atoms with Gasteiger partial charge < -0.3 is 5.32 Å². The normalized spacial score (nSPS) is 19.7. The molecule has 1 saturated heterocycles. The first-order valence-electron chi connectivity index (χ1n) is 6.70. The summed E-state index contributed by atoms with van der Waals surface area (Å²) < 4.78 is 36.8. The molecule has 116 valence electrons. The number of rotatable bonds is 4. The van der Waals surface area contributed by atoms with Crippen LogP contribution >= 0.6 is 0 Å². The molecular weight excluding hydrogens is 285 g/mol. The Kier molecular flexibility index (Phi) is 4.76. The maximum atomic E-state index is 12.3. The van der Waals surface area contributed by atoms with Gasteiger partial charge in [0.25, 0.3) is 5.91 Å². The summed E-state index contributed by atoms with van der Waals surface area (Å²) >= 11 is 0. The van der Waals surface area contributed by atoms with Crippen LogP contribution in [0.5, 0.6) is 0 Å². The molecule has 1 aliphatic rings. The van der Waals surface area contributed by atoms with Crippen LogP contribution in [0.25, 0.3) is 0 Å². The summed E-state index contributed by atoms with van der Waals surface area (Å²) in [6, 6.07) is 1.51. The predicted molar refractivity (Wildman–Crippen MR) is 69.7 cm³/mol. The molecule has 1 fully saturated rings. The van der Waals surface area contributed by atoms with Gasteiger partial charge in [-0.3, -0.25) is 9.69 Å². The lowest BCUT2D eigenvalue weighted by molar-refractivity contribution is -0.143. The number of carbonyl (C=O) groups excluding carboxylic acids is 1. The first-order chi connectivity index (χ1) is 9.83. The summed E-state index contributed by atoms with van der Waals surface area (Å²) in [6.45, 7) is 1.91. The quantitative estimate of drug-likeness (QED) is 0.913. The molecule has 21 heavy (non-hydrogen) atoms. The zero-order valence-electron chi connectivity index (χ0n) is 11.7. The Morgan fingerprint density at radius 2 is 2.29 bits per heavy atom. The number of likely N-dealkylation sites (tertiary alicyclic amines) is 1. The van der Waals surface area contributed by atoms with Crippen molar-refractivity contribution in [2.45, 2.75) is 19.5 Å². The van der Waals surface area contributed by atoms with E-state index in [9.17, 15) is 18.0 Å². The number of aromatic nitrogens is 2. The maximum absolute atomic E-state index is 12.3. The van der Waals surface area contributed by atoms with Crippen LogP contribution in [0.4, 0.5) is 13.2 Å². The Morgan fingerprint density at radius 1 is 1.52 bits per heavy atom. The van der Waals surface area contributed by atoms with Gasteiger partial charge in [-0.1, -0.05) is 0 Å². The predicted octanol–water partition coefficient (Wildman–Crippen LogP) is 1.40. The van der Waals surface area contributed by atoms with Gasteiger partial charge in [-0.25, -0.2) is 9.97 Å². The molecule has 0 aliphatic carbocycles. The van der Waals surface area contributed by atoms with E-state index in [4.69, 9.17) is 0 Å². The molecule has 0 unspecified atom stereocenters. The van der Waals surface area contributed by atoms with Gasteiger partial charge >= 0.3 is 6.18 Å². The average Bonchev–Trinajstić information content (AvgIpc) is 2.81. The van der Waals surface area contributed by atoms with Crippen molar-refractivity contribution in [2.75, 3.05) is 26.2 Å². The Labute approximate surface area is 120 Å². The van der Waals surface area contributed by atoms with E-state index < -0.39 is 12.7 Å². The van der Waals surface area contributed by atoms with E-state index in [1.165, 1.54) is 17.2 Å². The van der Waals surface area contributed by atoms with E-state index in [1.54, 1.807) is 6.92 Å². The molecule has 1 aromatic heterocycles. The smallest absolute Gasteiger partial charge is 0.350 e. The summed E-state index contributed by atoms with van der Waals surface area (Å²) in [4.78, 5) is 21.1. The molecule has 0 bridgehead atoms. The topological polar surface area (TPSA) is 58.1 Å². The number of nitrogens with zero attached hydrogens (tertiary/aromatic N) is 3. The third-order valence-electron chi connectivity index (χ3n) is 3.33. The van der Waals surface area contributed by atoms with Crippen molar-refractivity contribution in [1.29, 1.82) is 0 Å². The lowest BCUT2D eigenvalue weighted by Gasteiger charge is -2.17. The van der Waals surface area contributed by atoms with Gasteiger partial charge in [-0.2, -0.15) is 13.2 Å². The van der Waals surface area contributed by atoms with Crippen LogP contribution < -0.4 is 5.32 Å².